The van der Waals surface area contributed by atoms with Crippen molar-refractivity contribution in [1.82, 2.24) is 0 Å². The highest BCUT2D eigenvalue weighted by molar-refractivity contribution is 5.86. The van der Waals surface area contributed by atoms with Crippen LogP contribution in [0, 0.1) is 0 Å². The zero-order chi connectivity index (χ0) is 18.6. The van der Waals surface area contributed by atoms with E-state index in [1.54, 1.807) is 6.92 Å². The minimum Gasteiger partial charge on any atom is -0.463 e. The fourth-order valence-corrected chi connectivity index (χ4v) is 1.53. The molecule has 0 aliphatic heterocycles. The quantitative estimate of drug-likeness (QED) is 0.285. The predicted octanol–water partition coefficient (Wildman–Crippen LogP) is 4.22. The topological polar surface area (TPSA) is 61.8 Å². The molecule has 0 unspecified atom stereocenters. The van der Waals surface area contributed by atoms with Crippen molar-refractivity contribution < 1.29 is 23.8 Å². The van der Waals surface area contributed by atoms with Crippen LogP contribution in [0.4, 0.5) is 0 Å². The van der Waals surface area contributed by atoms with Crippen molar-refractivity contribution in [3.8, 4) is 0 Å². The molecule has 0 rings (SSSR count). The van der Waals surface area contributed by atoms with Crippen LogP contribution in [-0.2, 0) is 23.8 Å². The van der Waals surface area contributed by atoms with E-state index in [2.05, 4.69) is 20.1 Å². The van der Waals surface area contributed by atoms with Crippen LogP contribution in [0.2, 0.25) is 0 Å². The molecular weight excluding hydrogens is 308 g/mol. The summed E-state index contributed by atoms with van der Waals surface area (Å²) in [5.41, 5.74) is 0.436. The zero-order valence-electron chi connectivity index (χ0n) is 15.6. The van der Waals surface area contributed by atoms with Crippen molar-refractivity contribution in [2.75, 3.05) is 26.4 Å². The Hall–Kier alpha value is -1.62. The number of hydrogen-bond donors (Lipinski definition) is 0. The lowest BCUT2D eigenvalue weighted by Crippen LogP contribution is -2.08. The van der Waals surface area contributed by atoms with E-state index in [9.17, 15) is 9.59 Å². The number of hydrogen-bond acceptors (Lipinski definition) is 5. The number of unbranched alkanes of at least 4 members (excludes halogenated alkanes) is 4. The van der Waals surface area contributed by atoms with Gasteiger partial charge in [0.15, 0.2) is 0 Å². The Morgan fingerprint density at radius 1 is 0.917 bits per heavy atom. The smallest absolute Gasteiger partial charge is 0.333 e. The first-order valence-corrected chi connectivity index (χ1v) is 8.69. The second-order valence-electron chi connectivity index (χ2n) is 5.25. The monoisotopic (exact) mass is 342 g/mol. The van der Waals surface area contributed by atoms with Crippen LogP contribution in [0.15, 0.2) is 24.8 Å². The third-order valence-corrected chi connectivity index (χ3v) is 2.88. The van der Waals surface area contributed by atoms with Crippen molar-refractivity contribution in [2.24, 2.45) is 0 Å². The van der Waals surface area contributed by atoms with Crippen molar-refractivity contribution in [1.29, 1.82) is 0 Å². The minimum atomic E-state index is -0.327. The molecule has 0 aromatic carbocycles. The predicted molar refractivity (Wildman–Crippen MR) is 96.8 cm³/mol. The van der Waals surface area contributed by atoms with Gasteiger partial charge < -0.3 is 14.2 Å². The molecule has 0 aliphatic rings. The van der Waals surface area contributed by atoms with Crippen LogP contribution in [0.25, 0.3) is 0 Å². The van der Waals surface area contributed by atoms with E-state index in [4.69, 9.17) is 14.2 Å². The van der Waals surface area contributed by atoms with Crippen LogP contribution in [0.5, 0.6) is 0 Å². The molecule has 5 heteroatoms. The number of rotatable bonds is 13. The Labute approximate surface area is 147 Å². The molecule has 0 fully saturated rings. The van der Waals surface area contributed by atoms with E-state index in [0.717, 1.165) is 19.3 Å². The van der Waals surface area contributed by atoms with E-state index in [1.165, 1.54) is 25.3 Å². The van der Waals surface area contributed by atoms with Gasteiger partial charge in [0.05, 0.1) is 13.2 Å². The number of ether oxygens (including phenoxy) is 3. The summed E-state index contributed by atoms with van der Waals surface area (Å²) in [6.07, 6.45) is 7.82. The largest absolute Gasteiger partial charge is 0.463 e. The highest BCUT2D eigenvalue weighted by atomic mass is 16.5. The van der Waals surface area contributed by atoms with E-state index < -0.39 is 0 Å². The van der Waals surface area contributed by atoms with Crippen LogP contribution in [-0.4, -0.2) is 38.4 Å². The van der Waals surface area contributed by atoms with Crippen molar-refractivity contribution in [2.45, 2.75) is 59.3 Å². The Morgan fingerprint density at radius 3 is 2.08 bits per heavy atom. The van der Waals surface area contributed by atoms with Gasteiger partial charge in [-0.25, -0.2) is 9.59 Å². The summed E-state index contributed by atoms with van der Waals surface area (Å²) < 4.78 is 14.7. The molecule has 5 nitrogen and oxygen atoms in total. The molecule has 0 aliphatic carbocycles. The standard InChI is InChI=1S/C10H18O2.C9H16O3/c1-3-5-6-7-8-9-12-10(11)4-2;1-4-11-6-5-7-12-9(10)8(2)3/h4H,2-3,5-9H2,1H3;2,4-7H2,1,3H3. The second-order valence-corrected chi connectivity index (χ2v) is 5.25. The van der Waals surface area contributed by atoms with Crippen LogP contribution in [0.3, 0.4) is 0 Å². The lowest BCUT2D eigenvalue weighted by Gasteiger charge is -2.03. The maximum absolute atomic E-state index is 10.8. The molecule has 0 N–H and O–H groups in total. The first-order valence-electron chi connectivity index (χ1n) is 8.69. The summed E-state index contributed by atoms with van der Waals surface area (Å²) >= 11 is 0. The van der Waals surface area contributed by atoms with Crippen LogP contribution >= 0.6 is 0 Å². The molecule has 0 bridgehead atoms. The van der Waals surface area contributed by atoms with Crippen molar-refractivity contribution in [3.63, 3.8) is 0 Å². The normalized spacial score (nSPS) is 9.46. The summed E-state index contributed by atoms with van der Waals surface area (Å²) in [7, 11) is 0. The number of carbonyl (C=O) groups is 2. The summed E-state index contributed by atoms with van der Waals surface area (Å²) in [4.78, 5) is 21.4. The maximum atomic E-state index is 10.8. The van der Waals surface area contributed by atoms with Gasteiger partial charge in [-0.3, -0.25) is 0 Å². The molecule has 0 saturated heterocycles. The molecule has 24 heavy (non-hydrogen) atoms. The van der Waals surface area contributed by atoms with E-state index >= 15 is 0 Å². The number of esters is 2. The Morgan fingerprint density at radius 2 is 1.54 bits per heavy atom. The Balaban J connectivity index is 0. The minimum absolute atomic E-state index is 0.314. The van der Waals surface area contributed by atoms with Gasteiger partial charge in [0, 0.05) is 31.3 Å². The lowest BCUT2D eigenvalue weighted by atomic mass is 10.2. The van der Waals surface area contributed by atoms with Gasteiger partial charge in [-0.1, -0.05) is 45.8 Å². The Bertz CT molecular complexity index is 348. The molecule has 0 aromatic rings. The van der Waals surface area contributed by atoms with Gasteiger partial charge in [-0.15, -0.1) is 0 Å². The van der Waals surface area contributed by atoms with Gasteiger partial charge in [0.2, 0.25) is 0 Å². The molecule has 0 spiro atoms. The fraction of sp³-hybridized carbons (Fsp3) is 0.684. The summed E-state index contributed by atoms with van der Waals surface area (Å²) in [6, 6.07) is 0. The van der Waals surface area contributed by atoms with Gasteiger partial charge in [-0.2, -0.15) is 0 Å². The van der Waals surface area contributed by atoms with E-state index in [0.29, 0.717) is 32.0 Å². The maximum Gasteiger partial charge on any atom is 0.333 e. The average Bonchev–Trinajstić information content (AvgIpc) is 2.57. The SMILES string of the molecule is C=C(C)C(=O)OCCCOCC.C=CC(=O)OCCCCCCC. The first-order chi connectivity index (χ1) is 11.5. The van der Waals surface area contributed by atoms with Crippen LogP contribution in [0.1, 0.15) is 59.3 Å². The first kappa shape index (κ1) is 24.6. The molecule has 0 atom stereocenters. The molecule has 0 heterocycles. The molecule has 140 valence electrons. The molecular formula is C19H34O5. The highest BCUT2D eigenvalue weighted by Gasteiger charge is 2.01. The number of carbonyl (C=O) groups excluding carboxylic acids is 2. The zero-order valence-corrected chi connectivity index (χ0v) is 15.6. The Kier molecular flexibility index (Phi) is 19.9. The molecule has 0 amide bonds. The van der Waals surface area contributed by atoms with E-state index in [-0.39, 0.29) is 11.9 Å². The average molecular weight is 342 g/mol. The van der Waals surface area contributed by atoms with Gasteiger partial charge >= 0.3 is 11.9 Å². The van der Waals surface area contributed by atoms with Crippen molar-refractivity contribution in [3.05, 3.63) is 24.8 Å². The van der Waals surface area contributed by atoms with Crippen molar-refractivity contribution >= 4 is 11.9 Å². The van der Waals surface area contributed by atoms with Gasteiger partial charge in [-0.05, 0) is 20.3 Å². The molecule has 0 radical (unpaired) electrons. The summed E-state index contributed by atoms with van der Waals surface area (Å²) in [5, 5.41) is 0. The molecule has 0 aromatic heterocycles. The second kappa shape index (κ2) is 19.4. The third kappa shape index (κ3) is 20.4. The van der Waals surface area contributed by atoms with E-state index in [1.807, 2.05) is 6.92 Å². The lowest BCUT2D eigenvalue weighted by molar-refractivity contribution is -0.139. The van der Waals surface area contributed by atoms with Gasteiger partial charge in [0.1, 0.15) is 0 Å². The van der Waals surface area contributed by atoms with Gasteiger partial charge in [0.25, 0.3) is 0 Å². The highest BCUT2D eigenvalue weighted by Crippen LogP contribution is 2.02. The fourth-order valence-electron chi connectivity index (χ4n) is 1.53. The summed E-state index contributed by atoms with van der Waals surface area (Å²) in [5.74, 6) is -0.642. The van der Waals surface area contributed by atoms with Crippen LogP contribution < -0.4 is 0 Å². The molecule has 0 saturated carbocycles. The summed E-state index contributed by atoms with van der Waals surface area (Å²) in [6.45, 7) is 14.8. The third-order valence-electron chi connectivity index (χ3n) is 2.88.